The van der Waals surface area contributed by atoms with E-state index in [4.69, 9.17) is 4.74 Å². The van der Waals surface area contributed by atoms with E-state index in [2.05, 4.69) is 20.2 Å². The van der Waals surface area contributed by atoms with Crippen LogP contribution in [0.3, 0.4) is 0 Å². The summed E-state index contributed by atoms with van der Waals surface area (Å²) in [5.41, 5.74) is 0.323. The molecule has 2 aromatic rings. The summed E-state index contributed by atoms with van der Waals surface area (Å²) in [6.45, 7) is 2.25. The van der Waals surface area contributed by atoms with Crippen molar-refractivity contribution in [3.8, 4) is 5.69 Å². The molecule has 1 saturated heterocycles. The summed E-state index contributed by atoms with van der Waals surface area (Å²) in [5, 5.41) is 11.0. The zero-order valence-electron chi connectivity index (χ0n) is 13.1. The van der Waals surface area contributed by atoms with Crippen LogP contribution >= 0.6 is 0 Å². The number of aromatic nitrogens is 4. The van der Waals surface area contributed by atoms with Crippen molar-refractivity contribution in [3.05, 3.63) is 29.8 Å². The molecular weight excluding hydrogens is 337 g/mol. The molecule has 0 radical (unpaired) electrons. The molecule has 0 bridgehead atoms. The van der Waals surface area contributed by atoms with Crippen LogP contribution in [0.1, 0.15) is 25.1 Å². The van der Waals surface area contributed by atoms with Crippen molar-refractivity contribution in [1.29, 1.82) is 0 Å². The fourth-order valence-corrected chi connectivity index (χ4v) is 3.91. The maximum absolute atomic E-state index is 14.0. The molecule has 130 valence electrons. The van der Waals surface area contributed by atoms with Gasteiger partial charge in [0.25, 0.3) is 0 Å². The average Bonchev–Trinajstić information content (AvgIpc) is 2.96. The lowest BCUT2D eigenvalue weighted by atomic mass is 10.1. The third kappa shape index (κ3) is 3.88. The predicted molar refractivity (Wildman–Crippen MR) is 84.8 cm³/mol. The van der Waals surface area contributed by atoms with Gasteiger partial charge in [-0.05, 0) is 54.8 Å². The lowest BCUT2D eigenvalue weighted by Gasteiger charge is -2.22. The van der Waals surface area contributed by atoms with Gasteiger partial charge in [-0.2, -0.15) is 4.68 Å². The van der Waals surface area contributed by atoms with Gasteiger partial charge >= 0.3 is 0 Å². The Morgan fingerprint density at radius 2 is 2.25 bits per heavy atom. The molecule has 0 saturated carbocycles. The minimum Gasteiger partial charge on any atom is -0.377 e. The van der Waals surface area contributed by atoms with Crippen LogP contribution in [-0.2, 0) is 14.8 Å². The number of anilines is 1. The van der Waals surface area contributed by atoms with Crippen LogP contribution in [0, 0.1) is 12.7 Å². The van der Waals surface area contributed by atoms with Crippen molar-refractivity contribution >= 4 is 15.7 Å². The molecule has 0 amide bonds. The molecule has 1 aromatic heterocycles. The van der Waals surface area contributed by atoms with Crippen LogP contribution in [-0.4, -0.2) is 47.1 Å². The molecular formula is C14H18FN5O3S. The topological polar surface area (TPSA) is 99.0 Å². The van der Waals surface area contributed by atoms with E-state index in [1.165, 1.54) is 22.9 Å². The summed E-state index contributed by atoms with van der Waals surface area (Å²) >= 11 is 0. The number of nitrogens with zero attached hydrogens (tertiary/aromatic N) is 4. The Hall–Kier alpha value is -2.07. The van der Waals surface area contributed by atoms with Crippen LogP contribution in [0.2, 0.25) is 0 Å². The molecule has 1 aliphatic rings. The summed E-state index contributed by atoms with van der Waals surface area (Å²) in [6, 6.07) is 4.00. The second-order valence-corrected chi connectivity index (χ2v) is 7.44. The number of hydrogen-bond donors (Lipinski definition) is 1. The molecule has 2 heterocycles. The molecule has 1 aliphatic heterocycles. The van der Waals surface area contributed by atoms with E-state index in [-0.39, 0.29) is 17.5 Å². The Bertz CT molecular complexity index is 818. The standard InChI is InChI=1S/C14H18FN5O3S/c1-10-16-18-19-20(10)11-5-6-13(15)14(8-11)17-24(21,22)9-12-4-2-3-7-23-12/h5-6,8,12,17H,2-4,7,9H2,1H3. The van der Waals surface area contributed by atoms with Crippen LogP contribution in [0.4, 0.5) is 10.1 Å². The average molecular weight is 355 g/mol. The van der Waals surface area contributed by atoms with Gasteiger partial charge < -0.3 is 4.74 Å². The van der Waals surface area contributed by atoms with Crippen molar-refractivity contribution in [2.75, 3.05) is 17.1 Å². The van der Waals surface area contributed by atoms with Crippen molar-refractivity contribution in [3.63, 3.8) is 0 Å². The molecule has 10 heteroatoms. The quantitative estimate of drug-likeness (QED) is 0.871. The molecule has 3 rings (SSSR count). The first-order valence-corrected chi connectivity index (χ1v) is 9.27. The molecule has 8 nitrogen and oxygen atoms in total. The summed E-state index contributed by atoms with van der Waals surface area (Å²) < 4.78 is 47.7. The summed E-state index contributed by atoms with van der Waals surface area (Å²) in [7, 11) is -3.73. The lowest BCUT2D eigenvalue weighted by Crippen LogP contribution is -2.31. The van der Waals surface area contributed by atoms with Gasteiger partial charge in [-0.25, -0.2) is 12.8 Å². The van der Waals surface area contributed by atoms with Gasteiger partial charge in [0, 0.05) is 6.61 Å². The first kappa shape index (κ1) is 16.8. The minimum absolute atomic E-state index is 0.141. The zero-order chi connectivity index (χ0) is 17.2. The minimum atomic E-state index is -3.73. The van der Waals surface area contributed by atoms with Crippen LogP contribution < -0.4 is 4.72 Å². The number of sulfonamides is 1. The third-order valence-corrected chi connectivity index (χ3v) is 5.11. The van der Waals surface area contributed by atoms with Crippen molar-refractivity contribution < 1.29 is 17.5 Å². The normalized spacial score (nSPS) is 18.5. The maximum atomic E-state index is 14.0. The molecule has 1 fully saturated rings. The Balaban J connectivity index is 1.80. The summed E-state index contributed by atoms with van der Waals surface area (Å²) in [5.74, 6) is -0.357. The van der Waals surface area contributed by atoms with Gasteiger partial charge in [0.15, 0.2) is 5.82 Å². The highest BCUT2D eigenvalue weighted by atomic mass is 32.2. The largest absolute Gasteiger partial charge is 0.377 e. The van der Waals surface area contributed by atoms with Gasteiger partial charge in [0.2, 0.25) is 10.0 Å². The second kappa shape index (κ2) is 6.81. The fraction of sp³-hybridized carbons (Fsp3) is 0.500. The summed E-state index contributed by atoms with van der Waals surface area (Å²) in [6.07, 6.45) is 2.20. The van der Waals surface area contributed by atoms with E-state index >= 15 is 0 Å². The van der Waals surface area contributed by atoms with Crippen LogP contribution in [0.5, 0.6) is 0 Å². The van der Waals surface area contributed by atoms with E-state index in [9.17, 15) is 12.8 Å². The highest BCUT2D eigenvalue weighted by Gasteiger charge is 2.23. The number of benzene rings is 1. The first-order chi connectivity index (χ1) is 11.4. The van der Waals surface area contributed by atoms with Crippen LogP contribution in [0.15, 0.2) is 18.2 Å². The van der Waals surface area contributed by atoms with Gasteiger partial charge in [0.1, 0.15) is 5.82 Å². The molecule has 1 aromatic carbocycles. The van der Waals surface area contributed by atoms with Gasteiger partial charge in [0.05, 0.1) is 23.2 Å². The Labute approximate surface area is 139 Å². The zero-order valence-corrected chi connectivity index (χ0v) is 14.0. The Morgan fingerprint density at radius 3 is 2.92 bits per heavy atom. The lowest BCUT2D eigenvalue weighted by molar-refractivity contribution is 0.0306. The predicted octanol–water partition coefficient (Wildman–Crippen LogP) is 1.42. The van der Waals surface area contributed by atoms with E-state index in [0.29, 0.717) is 24.5 Å². The molecule has 24 heavy (non-hydrogen) atoms. The van der Waals surface area contributed by atoms with Gasteiger partial charge in [-0.1, -0.05) is 0 Å². The Morgan fingerprint density at radius 1 is 1.42 bits per heavy atom. The number of ether oxygens (including phenoxy) is 1. The number of aryl methyl sites for hydroxylation is 1. The smallest absolute Gasteiger partial charge is 0.235 e. The van der Waals surface area contributed by atoms with E-state index in [0.717, 1.165) is 12.8 Å². The number of hydrogen-bond acceptors (Lipinski definition) is 6. The first-order valence-electron chi connectivity index (χ1n) is 7.61. The van der Waals surface area contributed by atoms with Crippen molar-refractivity contribution in [2.45, 2.75) is 32.3 Å². The fourth-order valence-electron chi connectivity index (χ4n) is 2.59. The van der Waals surface area contributed by atoms with Crippen molar-refractivity contribution in [1.82, 2.24) is 20.2 Å². The third-order valence-electron chi connectivity index (χ3n) is 3.76. The van der Waals surface area contributed by atoms with E-state index in [1.54, 1.807) is 6.92 Å². The maximum Gasteiger partial charge on any atom is 0.235 e. The molecule has 1 atom stereocenters. The molecule has 1 N–H and O–H groups in total. The van der Waals surface area contributed by atoms with Gasteiger partial charge in [-0.15, -0.1) is 5.10 Å². The number of rotatable bonds is 5. The molecule has 1 unspecified atom stereocenters. The number of nitrogens with one attached hydrogen (secondary N) is 1. The number of tetrazole rings is 1. The molecule has 0 spiro atoms. The monoisotopic (exact) mass is 355 g/mol. The van der Waals surface area contributed by atoms with Crippen molar-refractivity contribution in [2.24, 2.45) is 0 Å². The SMILES string of the molecule is Cc1nnnn1-c1ccc(F)c(NS(=O)(=O)CC2CCCCO2)c1. The highest BCUT2D eigenvalue weighted by molar-refractivity contribution is 7.92. The Kier molecular flexibility index (Phi) is 4.76. The number of halogens is 1. The van der Waals surface area contributed by atoms with Crippen LogP contribution in [0.25, 0.3) is 5.69 Å². The molecule has 0 aliphatic carbocycles. The van der Waals surface area contributed by atoms with E-state index in [1.807, 2.05) is 0 Å². The van der Waals surface area contributed by atoms with Gasteiger partial charge in [-0.3, -0.25) is 4.72 Å². The second-order valence-electron chi connectivity index (χ2n) is 5.67. The summed E-state index contributed by atoms with van der Waals surface area (Å²) in [4.78, 5) is 0. The van der Waals surface area contributed by atoms with E-state index < -0.39 is 15.8 Å². The highest BCUT2D eigenvalue weighted by Crippen LogP contribution is 2.21.